The number of carbonyl (C=O) groups excluding carboxylic acids is 3. The van der Waals surface area contributed by atoms with Gasteiger partial charge in [0.05, 0.1) is 0 Å². The Morgan fingerprint density at radius 2 is 0.442 bits per heavy atom. The molecule has 257 valence electrons. The van der Waals surface area contributed by atoms with E-state index in [1.165, 1.54) is 135 Å². The minimum atomic E-state index is -0.909. The minimum Gasteiger partial charge on any atom is -0.550 e. The van der Waals surface area contributed by atoms with Crippen LogP contribution in [0.1, 0.15) is 213 Å². The molecule has 0 rings (SSSR count). The van der Waals surface area contributed by atoms with E-state index in [4.69, 9.17) is 0 Å². The van der Waals surface area contributed by atoms with Crippen LogP contribution < -0.4 is 15.3 Å². The predicted molar refractivity (Wildman–Crippen MR) is 171 cm³/mol. The van der Waals surface area contributed by atoms with Crippen molar-refractivity contribution in [2.24, 2.45) is 0 Å². The van der Waals surface area contributed by atoms with Gasteiger partial charge in [-0.05, 0) is 38.5 Å². The summed E-state index contributed by atoms with van der Waals surface area (Å²) in [6, 6.07) is 0. The molecule has 0 saturated carbocycles. The average molecular weight is 649 g/mol. The molecule has 0 aliphatic rings. The van der Waals surface area contributed by atoms with Crippen molar-refractivity contribution in [2.45, 2.75) is 213 Å². The fraction of sp³-hybridized carbons (Fsp3) is 0.917. The average Bonchev–Trinajstić information content (AvgIpc) is 2.95. The van der Waals surface area contributed by atoms with Crippen LogP contribution in [0.5, 0.6) is 0 Å². The molecule has 0 heterocycles. The van der Waals surface area contributed by atoms with Crippen LogP contribution in [0.4, 0.5) is 0 Å². The number of rotatable bonds is 30. The molecule has 0 bridgehead atoms. The van der Waals surface area contributed by atoms with Crippen molar-refractivity contribution in [3.63, 3.8) is 0 Å². The maximum Gasteiger partial charge on any atom is 0.0414 e. The van der Waals surface area contributed by atoms with Crippen molar-refractivity contribution in [3.8, 4) is 0 Å². The molecule has 0 fully saturated rings. The van der Waals surface area contributed by atoms with Gasteiger partial charge in [-0.1, -0.05) is 175 Å². The van der Waals surface area contributed by atoms with Crippen molar-refractivity contribution in [2.75, 3.05) is 0 Å². The molecule has 0 aromatic carbocycles. The third-order valence-corrected chi connectivity index (χ3v) is 7.45. The summed E-state index contributed by atoms with van der Waals surface area (Å²) in [7, 11) is 0. The number of carboxylic acid groups (broad SMARTS) is 3. The zero-order valence-corrected chi connectivity index (χ0v) is 30.0. The molecular formula is C36H69O6V-3. The van der Waals surface area contributed by atoms with Gasteiger partial charge < -0.3 is 29.7 Å². The van der Waals surface area contributed by atoms with Crippen LogP contribution in [0.3, 0.4) is 0 Å². The van der Waals surface area contributed by atoms with Crippen molar-refractivity contribution in [3.05, 3.63) is 0 Å². The molecule has 0 aliphatic heterocycles. The summed E-state index contributed by atoms with van der Waals surface area (Å²) in [6.45, 7) is 6.67. The first-order valence-corrected chi connectivity index (χ1v) is 17.9. The zero-order valence-electron chi connectivity index (χ0n) is 28.6. The fourth-order valence-electron chi connectivity index (χ4n) is 4.74. The van der Waals surface area contributed by atoms with Gasteiger partial charge in [0.2, 0.25) is 0 Å². The normalized spacial score (nSPS) is 10.1. The first-order valence-electron chi connectivity index (χ1n) is 17.9. The Bertz CT molecular complexity index is 480. The van der Waals surface area contributed by atoms with Gasteiger partial charge in [0.1, 0.15) is 0 Å². The van der Waals surface area contributed by atoms with Gasteiger partial charge in [-0.3, -0.25) is 0 Å². The molecular weight excluding hydrogens is 579 g/mol. The summed E-state index contributed by atoms with van der Waals surface area (Å²) in [4.78, 5) is 30.3. The largest absolute Gasteiger partial charge is 0.550 e. The maximum absolute atomic E-state index is 10.1. The Labute approximate surface area is 278 Å². The Balaban J connectivity index is -0.000000262. The number of hydrogen-bond acceptors (Lipinski definition) is 6. The number of carboxylic acids is 3. The summed E-state index contributed by atoms with van der Waals surface area (Å²) >= 11 is 0. The molecule has 0 aromatic heterocycles. The van der Waals surface area contributed by atoms with Gasteiger partial charge in [-0.15, -0.1) is 0 Å². The summed E-state index contributed by atoms with van der Waals surface area (Å²) in [6.07, 6.45) is 33.5. The van der Waals surface area contributed by atoms with Gasteiger partial charge in [0, 0.05) is 36.5 Å². The summed E-state index contributed by atoms with van der Waals surface area (Å²) < 4.78 is 0. The zero-order chi connectivity index (χ0) is 31.9. The van der Waals surface area contributed by atoms with Crippen LogP contribution in [0.2, 0.25) is 0 Å². The predicted octanol–water partition coefficient (Wildman–Crippen LogP) is 7.97. The summed E-state index contributed by atoms with van der Waals surface area (Å²) in [5.74, 6) is -2.73. The van der Waals surface area contributed by atoms with Gasteiger partial charge in [-0.2, -0.15) is 0 Å². The molecule has 0 aromatic rings. The van der Waals surface area contributed by atoms with Gasteiger partial charge in [-0.25, -0.2) is 0 Å². The molecule has 0 N–H and O–H groups in total. The second-order valence-electron chi connectivity index (χ2n) is 11.9. The smallest absolute Gasteiger partial charge is 0.0414 e. The quantitative estimate of drug-likeness (QED) is 0.0729. The second kappa shape index (κ2) is 45.4. The summed E-state index contributed by atoms with van der Waals surface area (Å²) in [5, 5.41) is 30.3. The first-order chi connectivity index (χ1) is 20.3. The third-order valence-electron chi connectivity index (χ3n) is 7.45. The summed E-state index contributed by atoms with van der Waals surface area (Å²) in [5.41, 5.74) is 0. The first kappa shape index (κ1) is 48.9. The molecule has 0 amide bonds. The molecule has 43 heavy (non-hydrogen) atoms. The van der Waals surface area contributed by atoms with Gasteiger partial charge in [0.25, 0.3) is 0 Å². The Hall–Kier alpha value is -1.01. The SMILES string of the molecule is CCCCCCCCCCCC(=O)[O-].CCCCCCCCCCCC(=O)[O-].CCCCCCCCCCCC(=O)[O-].[V]. The monoisotopic (exact) mass is 648 g/mol. The Morgan fingerprint density at radius 3 is 0.581 bits per heavy atom. The fourth-order valence-corrected chi connectivity index (χ4v) is 4.74. The molecule has 0 unspecified atom stereocenters. The molecule has 0 atom stereocenters. The Morgan fingerprint density at radius 1 is 0.302 bits per heavy atom. The van der Waals surface area contributed by atoms with Gasteiger partial charge >= 0.3 is 0 Å². The molecule has 0 aliphatic carbocycles. The van der Waals surface area contributed by atoms with E-state index in [-0.39, 0.29) is 37.8 Å². The van der Waals surface area contributed by atoms with Crippen LogP contribution in [-0.4, -0.2) is 17.9 Å². The van der Waals surface area contributed by atoms with Crippen LogP contribution in [0.15, 0.2) is 0 Å². The number of hydrogen-bond donors (Lipinski definition) is 0. The van der Waals surface area contributed by atoms with Crippen LogP contribution >= 0.6 is 0 Å². The van der Waals surface area contributed by atoms with Gasteiger partial charge in [0.15, 0.2) is 0 Å². The van der Waals surface area contributed by atoms with E-state index in [9.17, 15) is 29.7 Å². The van der Waals surface area contributed by atoms with Crippen molar-refractivity contribution in [1.29, 1.82) is 0 Å². The topological polar surface area (TPSA) is 120 Å². The van der Waals surface area contributed by atoms with E-state index in [2.05, 4.69) is 20.8 Å². The van der Waals surface area contributed by atoms with E-state index in [0.29, 0.717) is 0 Å². The van der Waals surface area contributed by atoms with Crippen molar-refractivity contribution in [1.82, 2.24) is 0 Å². The minimum absolute atomic E-state index is 0. The molecule has 7 heteroatoms. The number of unbranched alkanes of at least 4 members (excludes halogenated alkanes) is 24. The van der Waals surface area contributed by atoms with Crippen molar-refractivity contribution >= 4 is 17.9 Å². The number of carbonyl (C=O) groups is 3. The van der Waals surface area contributed by atoms with Crippen LogP contribution in [0, 0.1) is 0 Å². The Kier molecular flexibility index (Phi) is 51.6. The van der Waals surface area contributed by atoms with E-state index in [0.717, 1.165) is 38.5 Å². The van der Waals surface area contributed by atoms with E-state index < -0.39 is 17.9 Å². The third kappa shape index (κ3) is 60.9. The molecule has 0 spiro atoms. The van der Waals surface area contributed by atoms with E-state index >= 15 is 0 Å². The standard InChI is InChI=1S/3C12H24O2.V/c3*1-2-3-4-5-6-7-8-9-10-11-12(13)14;/h3*2-11H2,1H3,(H,13,14);/p-3. The molecule has 0 saturated heterocycles. The van der Waals surface area contributed by atoms with E-state index in [1.807, 2.05) is 0 Å². The van der Waals surface area contributed by atoms with Crippen molar-refractivity contribution < 1.29 is 48.3 Å². The maximum atomic E-state index is 10.1. The molecule has 1 radical (unpaired) electrons. The van der Waals surface area contributed by atoms with E-state index in [1.54, 1.807) is 0 Å². The van der Waals surface area contributed by atoms with Crippen LogP contribution in [-0.2, 0) is 32.9 Å². The molecule has 6 nitrogen and oxygen atoms in total. The second-order valence-corrected chi connectivity index (χ2v) is 11.9. The number of aliphatic carboxylic acids is 3. The van der Waals surface area contributed by atoms with Crippen LogP contribution in [0.25, 0.3) is 0 Å².